The summed E-state index contributed by atoms with van der Waals surface area (Å²) in [6.07, 6.45) is 2.48. The number of guanidine groups is 1. The molecule has 112 valence electrons. The fourth-order valence-corrected chi connectivity index (χ4v) is 3.16. The fourth-order valence-electron chi connectivity index (χ4n) is 3.16. The molecule has 0 bridgehead atoms. The summed E-state index contributed by atoms with van der Waals surface area (Å²) in [4.78, 5) is 6.55. The van der Waals surface area contributed by atoms with Crippen molar-refractivity contribution in [3.63, 3.8) is 0 Å². The quantitative estimate of drug-likeness (QED) is 0.907. The Morgan fingerprint density at radius 2 is 2.19 bits per heavy atom. The number of nitrogens with two attached hydrogens (primary N) is 1. The van der Waals surface area contributed by atoms with Gasteiger partial charge in [-0.05, 0) is 30.5 Å². The minimum atomic E-state index is 0.156. The van der Waals surface area contributed by atoms with Crippen LogP contribution < -0.4 is 15.2 Å². The third kappa shape index (κ3) is 2.29. The molecular formula is C15H19N3O3. The number of nitrogens with zero attached hydrogens (tertiary/aromatic N) is 2. The third-order valence-corrected chi connectivity index (χ3v) is 4.30. The van der Waals surface area contributed by atoms with Crippen LogP contribution in [0.25, 0.3) is 0 Å². The summed E-state index contributed by atoms with van der Waals surface area (Å²) in [7, 11) is 0. The molecule has 21 heavy (non-hydrogen) atoms. The number of hydrogen-bond donors (Lipinski definition) is 1. The number of aliphatic imine (C=N–C) groups is 1. The first-order valence-electron chi connectivity index (χ1n) is 7.39. The van der Waals surface area contributed by atoms with Crippen LogP contribution >= 0.6 is 0 Å². The van der Waals surface area contributed by atoms with Gasteiger partial charge in [0.1, 0.15) is 0 Å². The van der Waals surface area contributed by atoms with Crippen molar-refractivity contribution in [3.8, 4) is 11.5 Å². The summed E-state index contributed by atoms with van der Waals surface area (Å²) in [5, 5.41) is 0. The second kappa shape index (κ2) is 5.11. The highest BCUT2D eigenvalue weighted by atomic mass is 16.7. The molecule has 4 rings (SSSR count). The summed E-state index contributed by atoms with van der Waals surface area (Å²) in [5.41, 5.74) is 7.22. The molecule has 0 aromatic heterocycles. The zero-order chi connectivity index (χ0) is 14.2. The molecule has 2 atom stereocenters. The predicted molar refractivity (Wildman–Crippen MR) is 77.5 cm³/mol. The second-order valence-electron chi connectivity index (χ2n) is 5.61. The van der Waals surface area contributed by atoms with Gasteiger partial charge in [0.2, 0.25) is 6.79 Å². The molecule has 6 nitrogen and oxygen atoms in total. The van der Waals surface area contributed by atoms with Crippen LogP contribution in [0.3, 0.4) is 0 Å². The molecule has 0 radical (unpaired) electrons. The van der Waals surface area contributed by atoms with E-state index in [0.29, 0.717) is 19.3 Å². The van der Waals surface area contributed by atoms with E-state index in [9.17, 15) is 0 Å². The molecule has 2 N–H and O–H groups in total. The van der Waals surface area contributed by atoms with E-state index in [2.05, 4.69) is 16.0 Å². The highest BCUT2D eigenvalue weighted by molar-refractivity contribution is 5.80. The predicted octanol–water partition coefficient (Wildman–Crippen LogP) is 1.27. The zero-order valence-corrected chi connectivity index (χ0v) is 11.8. The molecule has 6 heteroatoms. The standard InChI is InChI=1S/C15H19N3O3/c16-15-17-7-12(18(15)8-11-2-1-5-19-11)10-3-4-13-14(6-10)21-9-20-13/h3-4,6,11-12H,1-2,5,7-9H2,(H2,16,17). The third-order valence-electron chi connectivity index (χ3n) is 4.30. The molecule has 0 spiro atoms. The molecule has 1 aromatic carbocycles. The van der Waals surface area contributed by atoms with Crippen LogP contribution in [0.4, 0.5) is 0 Å². The molecule has 1 saturated heterocycles. The average Bonchev–Trinajstić information content (AvgIpc) is 3.21. The molecule has 2 unspecified atom stereocenters. The van der Waals surface area contributed by atoms with Crippen molar-refractivity contribution >= 4 is 5.96 Å². The van der Waals surface area contributed by atoms with Gasteiger partial charge in [-0.2, -0.15) is 0 Å². The lowest BCUT2D eigenvalue weighted by Gasteiger charge is -2.28. The van der Waals surface area contributed by atoms with Crippen molar-refractivity contribution in [1.29, 1.82) is 0 Å². The fraction of sp³-hybridized carbons (Fsp3) is 0.533. The Morgan fingerprint density at radius 3 is 3.05 bits per heavy atom. The number of hydrogen-bond acceptors (Lipinski definition) is 6. The van der Waals surface area contributed by atoms with Gasteiger partial charge in [-0.1, -0.05) is 6.07 Å². The maximum Gasteiger partial charge on any atom is 0.231 e. The zero-order valence-electron chi connectivity index (χ0n) is 11.8. The van der Waals surface area contributed by atoms with E-state index < -0.39 is 0 Å². The lowest BCUT2D eigenvalue weighted by molar-refractivity contribution is 0.0852. The van der Waals surface area contributed by atoms with Crippen molar-refractivity contribution < 1.29 is 14.2 Å². The smallest absolute Gasteiger partial charge is 0.231 e. The van der Waals surface area contributed by atoms with Crippen molar-refractivity contribution in [2.24, 2.45) is 10.7 Å². The van der Waals surface area contributed by atoms with Crippen LogP contribution in [0, 0.1) is 0 Å². The Hall–Kier alpha value is -1.95. The van der Waals surface area contributed by atoms with Crippen LogP contribution in [0.5, 0.6) is 11.5 Å². The highest BCUT2D eigenvalue weighted by Gasteiger charge is 2.31. The van der Waals surface area contributed by atoms with Crippen LogP contribution in [-0.4, -0.2) is 43.5 Å². The van der Waals surface area contributed by atoms with Crippen LogP contribution in [-0.2, 0) is 4.74 Å². The van der Waals surface area contributed by atoms with Crippen molar-refractivity contribution in [2.45, 2.75) is 25.0 Å². The maximum atomic E-state index is 6.06. The number of ether oxygens (including phenoxy) is 3. The Bertz CT molecular complexity index is 569. The number of benzene rings is 1. The first-order chi connectivity index (χ1) is 10.3. The van der Waals surface area contributed by atoms with Gasteiger partial charge in [0.15, 0.2) is 17.5 Å². The van der Waals surface area contributed by atoms with E-state index in [4.69, 9.17) is 19.9 Å². The molecule has 1 fully saturated rings. The Morgan fingerprint density at radius 1 is 1.29 bits per heavy atom. The molecule has 0 aliphatic carbocycles. The van der Waals surface area contributed by atoms with E-state index in [1.165, 1.54) is 0 Å². The van der Waals surface area contributed by atoms with Crippen molar-refractivity contribution in [3.05, 3.63) is 23.8 Å². The lowest BCUT2D eigenvalue weighted by atomic mass is 10.0. The van der Waals surface area contributed by atoms with Crippen molar-refractivity contribution in [2.75, 3.05) is 26.5 Å². The van der Waals surface area contributed by atoms with Gasteiger partial charge in [-0.15, -0.1) is 0 Å². The van der Waals surface area contributed by atoms with Gasteiger partial charge >= 0.3 is 0 Å². The molecule has 0 amide bonds. The van der Waals surface area contributed by atoms with E-state index in [1.807, 2.05) is 12.1 Å². The highest BCUT2D eigenvalue weighted by Crippen LogP contribution is 2.36. The molecule has 3 aliphatic rings. The summed E-state index contributed by atoms with van der Waals surface area (Å²) in [5.74, 6) is 2.21. The minimum absolute atomic E-state index is 0.156. The van der Waals surface area contributed by atoms with E-state index in [0.717, 1.165) is 43.1 Å². The first kappa shape index (κ1) is 12.8. The molecule has 1 aromatic rings. The molecule has 3 aliphatic heterocycles. The van der Waals surface area contributed by atoms with Gasteiger partial charge in [-0.3, -0.25) is 4.99 Å². The van der Waals surface area contributed by atoms with Crippen LogP contribution in [0.1, 0.15) is 24.4 Å². The van der Waals surface area contributed by atoms with Gasteiger partial charge in [-0.25, -0.2) is 0 Å². The molecule has 0 saturated carbocycles. The Kier molecular flexibility index (Phi) is 3.11. The van der Waals surface area contributed by atoms with Gasteiger partial charge in [0.05, 0.1) is 18.7 Å². The Labute approximate surface area is 123 Å². The van der Waals surface area contributed by atoms with Crippen LogP contribution in [0.15, 0.2) is 23.2 Å². The van der Waals surface area contributed by atoms with E-state index in [1.54, 1.807) is 0 Å². The average molecular weight is 289 g/mol. The first-order valence-corrected chi connectivity index (χ1v) is 7.39. The van der Waals surface area contributed by atoms with Crippen molar-refractivity contribution in [1.82, 2.24) is 4.90 Å². The van der Waals surface area contributed by atoms with Gasteiger partial charge < -0.3 is 24.8 Å². The summed E-state index contributed by atoms with van der Waals surface area (Å²) >= 11 is 0. The summed E-state index contributed by atoms with van der Waals surface area (Å²) in [6, 6.07) is 6.21. The molecular weight excluding hydrogens is 270 g/mol. The number of rotatable bonds is 3. The van der Waals surface area contributed by atoms with Crippen LogP contribution in [0.2, 0.25) is 0 Å². The van der Waals surface area contributed by atoms with E-state index in [-0.39, 0.29) is 12.1 Å². The summed E-state index contributed by atoms with van der Waals surface area (Å²) in [6.45, 7) is 2.62. The largest absolute Gasteiger partial charge is 0.454 e. The lowest BCUT2D eigenvalue weighted by Crippen LogP contribution is -2.41. The van der Waals surface area contributed by atoms with E-state index >= 15 is 0 Å². The SMILES string of the molecule is NC1=NCC(c2ccc3c(c2)OCO3)N1CC1CCCO1. The van der Waals surface area contributed by atoms with Gasteiger partial charge in [0, 0.05) is 13.2 Å². The number of fused-ring (bicyclic) bond motifs is 1. The van der Waals surface area contributed by atoms with Gasteiger partial charge in [0.25, 0.3) is 0 Å². The monoisotopic (exact) mass is 289 g/mol. The molecule has 3 heterocycles. The topological polar surface area (TPSA) is 69.3 Å². The Balaban J connectivity index is 1.55. The normalized spacial score (nSPS) is 27.2. The minimum Gasteiger partial charge on any atom is -0.454 e. The maximum absolute atomic E-state index is 6.06. The second-order valence-corrected chi connectivity index (χ2v) is 5.61. The summed E-state index contributed by atoms with van der Waals surface area (Å²) < 4.78 is 16.5.